The van der Waals surface area contributed by atoms with Gasteiger partial charge in [0, 0.05) is 0 Å². The van der Waals surface area contributed by atoms with Crippen molar-refractivity contribution in [2.75, 3.05) is 30.6 Å². The summed E-state index contributed by atoms with van der Waals surface area (Å²) in [5.74, 6) is 0. The van der Waals surface area contributed by atoms with Crippen molar-refractivity contribution in [3.63, 3.8) is 0 Å². The zero-order valence-corrected chi connectivity index (χ0v) is 34.7. The molecule has 0 bridgehead atoms. The van der Waals surface area contributed by atoms with Gasteiger partial charge in [0.05, 0.1) is 0 Å². The second kappa shape index (κ2) is 14.0. The average Bonchev–Trinajstić information content (AvgIpc) is 4.07. The third-order valence-corrected chi connectivity index (χ3v) is 18.5. The summed E-state index contributed by atoms with van der Waals surface area (Å²) in [5.41, 5.74) is 17.9. The Morgan fingerprint density at radius 2 is 1.04 bits per heavy atom. The Morgan fingerprint density at radius 1 is 0.500 bits per heavy atom. The van der Waals surface area contributed by atoms with Crippen molar-refractivity contribution in [2.45, 2.75) is 32.6 Å². The number of rotatable bonds is 9. The topological polar surface area (TPSA) is 6.48 Å². The number of hydrogen-bond donors (Lipinski definition) is 0. The van der Waals surface area contributed by atoms with Gasteiger partial charge >= 0.3 is 336 Å². The fourth-order valence-electron chi connectivity index (χ4n) is 10.0. The van der Waals surface area contributed by atoms with E-state index >= 15 is 0 Å². The molecule has 4 heteroatoms. The maximum atomic E-state index is 2.63. The molecule has 0 heterocycles. The Hall–Kier alpha value is -5.26. The first kappa shape index (κ1) is 35.2. The second-order valence-electron chi connectivity index (χ2n) is 15.9. The molecule has 0 radical (unpaired) electrons. The van der Waals surface area contributed by atoms with Crippen LogP contribution in [0.1, 0.15) is 50.1 Å². The molecule has 1 unspecified atom stereocenters. The van der Waals surface area contributed by atoms with E-state index in [1.54, 1.807) is 0 Å². The molecule has 10 rings (SSSR count). The van der Waals surface area contributed by atoms with Crippen LogP contribution in [0.5, 0.6) is 0 Å². The van der Waals surface area contributed by atoms with Crippen molar-refractivity contribution in [3.8, 4) is 0 Å². The van der Waals surface area contributed by atoms with Crippen molar-refractivity contribution in [1.29, 1.82) is 0 Å². The van der Waals surface area contributed by atoms with Crippen LogP contribution in [0.2, 0.25) is 0 Å². The van der Waals surface area contributed by atoms with Crippen LogP contribution in [0.4, 0.5) is 22.7 Å². The molecule has 0 aliphatic heterocycles. The summed E-state index contributed by atoms with van der Waals surface area (Å²) >= 11 is 0. The van der Waals surface area contributed by atoms with Gasteiger partial charge in [-0.1, -0.05) is 0 Å². The second-order valence-corrected chi connectivity index (χ2v) is 21.2. The fraction of sp³-hybridized carbons (Fsp3) is 0.154. The maximum absolute atomic E-state index is 2.78. The van der Waals surface area contributed by atoms with Gasteiger partial charge in [0.25, 0.3) is 0 Å². The molecule has 1 atom stereocenters. The van der Waals surface area contributed by atoms with E-state index in [9.17, 15) is 0 Å². The van der Waals surface area contributed by atoms with E-state index in [0.29, 0.717) is 8.58 Å². The van der Waals surface area contributed by atoms with Gasteiger partial charge in [-0.05, 0) is 0 Å². The molecule has 4 aliphatic rings. The summed E-state index contributed by atoms with van der Waals surface area (Å²) in [4.78, 5) is 5.19. The van der Waals surface area contributed by atoms with Crippen molar-refractivity contribution < 1.29 is 0 Å². The van der Waals surface area contributed by atoms with Crippen LogP contribution < -0.4 is 36.3 Å². The van der Waals surface area contributed by atoms with Crippen LogP contribution in [0.3, 0.4) is 0 Å². The van der Waals surface area contributed by atoms with Crippen LogP contribution in [-0.4, -0.2) is 20.8 Å². The van der Waals surface area contributed by atoms with Gasteiger partial charge < -0.3 is 0 Å². The van der Waals surface area contributed by atoms with E-state index in [2.05, 4.69) is 195 Å². The molecule has 276 valence electrons. The molecular weight excluding hydrogens is 715 g/mol. The number of aryl methyl sites for hydroxylation is 1. The zero-order chi connectivity index (χ0) is 38.0. The molecule has 0 N–H and O–H groups in total. The molecule has 0 amide bonds. The van der Waals surface area contributed by atoms with Crippen LogP contribution in [0, 0.1) is 6.92 Å². The predicted molar refractivity (Wildman–Crippen MR) is 251 cm³/mol. The number of nitrogens with zero attached hydrogens (tertiary/aromatic N) is 2. The van der Waals surface area contributed by atoms with E-state index in [0.717, 1.165) is 25.7 Å². The molecule has 6 aromatic rings. The van der Waals surface area contributed by atoms with Crippen molar-refractivity contribution in [1.82, 2.24) is 0 Å². The van der Waals surface area contributed by atoms with Gasteiger partial charge in [0.2, 0.25) is 0 Å². The summed E-state index contributed by atoms with van der Waals surface area (Å²) in [6.45, 7) is 4.92. The van der Waals surface area contributed by atoms with Gasteiger partial charge in [0.1, 0.15) is 0 Å². The van der Waals surface area contributed by atoms with Crippen LogP contribution >= 0.6 is 15.8 Å². The number of anilines is 4. The average molecular weight is 763 g/mol. The summed E-state index contributed by atoms with van der Waals surface area (Å²) in [6, 6.07) is 41.8. The van der Waals surface area contributed by atoms with Gasteiger partial charge in [0.15, 0.2) is 0 Å². The minimum absolute atomic E-state index is 0.560. The SMILES string of the molecule is Cc1ccc2c(c1N(C)c1c([PH](C)(c3ccccc3)c3ccc4c(c3N(C)c3c(Pc5ccccc5)ccc5c3C=CC5)CC=C4)ccc3c1C=CC3)CC=C2. The normalized spacial score (nSPS) is 14.8. The monoisotopic (exact) mass is 762 g/mol. The molecular formula is C52H48N2P2. The number of benzene rings is 6. The number of fused-ring (bicyclic) bond motifs is 4. The fourth-order valence-corrected chi connectivity index (χ4v) is 15.4. The summed E-state index contributed by atoms with van der Waals surface area (Å²) in [5, 5.41) is 7.12. The Balaban J connectivity index is 1.24. The molecule has 4 aliphatic carbocycles. The molecule has 0 saturated carbocycles. The molecule has 0 aromatic heterocycles. The summed E-state index contributed by atoms with van der Waals surface area (Å²) in [6.07, 6.45) is 22.7. The predicted octanol–water partition coefficient (Wildman–Crippen LogP) is 10.1. The Labute approximate surface area is 334 Å². The number of hydrogen-bond acceptors (Lipinski definition) is 2. The third kappa shape index (κ3) is 5.61. The van der Waals surface area contributed by atoms with E-state index in [1.165, 1.54) is 99.3 Å². The Kier molecular flexibility index (Phi) is 8.82. The molecule has 0 fully saturated rings. The van der Waals surface area contributed by atoms with Crippen LogP contribution in [0.15, 0.2) is 133 Å². The van der Waals surface area contributed by atoms with Gasteiger partial charge in [-0.15, -0.1) is 0 Å². The van der Waals surface area contributed by atoms with Crippen molar-refractivity contribution in [3.05, 3.63) is 184 Å². The zero-order valence-electron chi connectivity index (χ0n) is 32.7. The van der Waals surface area contributed by atoms with Gasteiger partial charge in [-0.25, -0.2) is 0 Å². The summed E-state index contributed by atoms with van der Waals surface area (Å²) < 4.78 is 0. The van der Waals surface area contributed by atoms with E-state index in [-0.39, 0.29) is 0 Å². The van der Waals surface area contributed by atoms with E-state index in [1.807, 2.05) is 0 Å². The molecule has 2 nitrogen and oxygen atoms in total. The van der Waals surface area contributed by atoms with E-state index < -0.39 is 7.26 Å². The first-order valence-corrected chi connectivity index (χ1v) is 23.5. The van der Waals surface area contributed by atoms with Crippen molar-refractivity contribution >= 4 is 89.4 Å². The molecule has 56 heavy (non-hydrogen) atoms. The quantitative estimate of drug-likeness (QED) is 0.135. The summed E-state index contributed by atoms with van der Waals surface area (Å²) in [7, 11) is 2.48. The van der Waals surface area contributed by atoms with Crippen molar-refractivity contribution in [2.24, 2.45) is 0 Å². The van der Waals surface area contributed by atoms with Gasteiger partial charge in [-0.3, -0.25) is 0 Å². The van der Waals surface area contributed by atoms with Crippen LogP contribution in [-0.2, 0) is 25.7 Å². The third-order valence-electron chi connectivity index (χ3n) is 12.8. The molecule has 0 saturated heterocycles. The first-order chi connectivity index (χ1) is 27.4. The Bertz CT molecular complexity index is 2670. The minimum atomic E-state index is -2.78. The van der Waals surface area contributed by atoms with Crippen LogP contribution in [0.25, 0.3) is 24.3 Å². The van der Waals surface area contributed by atoms with E-state index in [4.69, 9.17) is 0 Å². The standard InChI is InChI=1S/C52H48N2P2/c1-35-27-28-36-15-11-23-42(36)49(35)53(2)51-44-25-13-17-38(44)30-33-47(51)56(4,41-21-9-6-10-22-41)48-34-31-39-18-14-26-45(39)52(48)54(3)50-43-24-12-16-37(43)29-32-46(50)55-40-19-7-5-8-20-40/h5-15,18-22,24-25,27-34,55-56H,16-17,23,26H2,1-4H3. The Morgan fingerprint density at radius 3 is 1.73 bits per heavy atom. The number of allylic oxidation sites excluding steroid dienone is 4. The molecule has 0 spiro atoms. The first-order valence-electron chi connectivity index (χ1n) is 20.0. The molecule has 6 aromatic carbocycles. The van der Waals surface area contributed by atoms with Gasteiger partial charge in [-0.2, -0.15) is 0 Å².